The van der Waals surface area contributed by atoms with Crippen molar-refractivity contribution in [1.82, 2.24) is 0 Å². The Morgan fingerprint density at radius 1 is 1.00 bits per heavy atom. The van der Waals surface area contributed by atoms with Crippen molar-refractivity contribution in [1.29, 1.82) is 0 Å². The zero-order valence-corrected chi connectivity index (χ0v) is 14.2. The first-order chi connectivity index (χ1) is 11.1. The Morgan fingerprint density at radius 2 is 1.70 bits per heavy atom. The van der Waals surface area contributed by atoms with Crippen LogP contribution in [0.2, 0.25) is 5.02 Å². The van der Waals surface area contributed by atoms with Crippen molar-refractivity contribution in [2.75, 3.05) is 5.32 Å². The molecule has 0 aromatic heterocycles. The van der Waals surface area contributed by atoms with Crippen molar-refractivity contribution < 1.29 is 4.79 Å². The second kappa shape index (κ2) is 7.07. The third-order valence-corrected chi connectivity index (χ3v) is 4.96. The van der Waals surface area contributed by atoms with Gasteiger partial charge in [-0.2, -0.15) is 0 Å². The second-order valence-electron chi connectivity index (χ2n) is 5.24. The third-order valence-electron chi connectivity index (χ3n) is 3.53. The molecule has 1 atom stereocenters. The molecule has 0 heterocycles. The Bertz CT molecular complexity index is 849. The summed E-state index contributed by atoms with van der Waals surface area (Å²) in [5.41, 5.74) is 0.644. The first-order valence-electron chi connectivity index (χ1n) is 7.34. The lowest BCUT2D eigenvalue weighted by molar-refractivity contribution is -0.115. The quantitative estimate of drug-likeness (QED) is 0.625. The molecule has 0 spiro atoms. The standard InChI is InChI=1S/C19H16ClNOS/c1-13(19(22)21-18-9-5-4-8-17(18)20)23-16-11-10-14-6-2-3-7-15(14)12-16/h2-13H,1H3,(H,21,22)/t13-/m1/s1. The zero-order chi connectivity index (χ0) is 16.2. The number of amides is 1. The van der Waals surface area contributed by atoms with Gasteiger partial charge in [0.2, 0.25) is 5.91 Å². The van der Waals surface area contributed by atoms with E-state index in [-0.39, 0.29) is 11.2 Å². The third kappa shape index (κ3) is 3.87. The predicted molar refractivity (Wildman–Crippen MR) is 99.3 cm³/mol. The predicted octanol–water partition coefficient (Wildman–Crippen LogP) is 5.61. The Balaban J connectivity index is 1.71. The number of carbonyl (C=O) groups excluding carboxylic acids is 1. The van der Waals surface area contributed by atoms with E-state index in [1.807, 2.05) is 37.3 Å². The molecule has 2 nitrogen and oxygen atoms in total. The zero-order valence-electron chi connectivity index (χ0n) is 12.6. The molecule has 3 rings (SSSR count). The van der Waals surface area contributed by atoms with Gasteiger partial charge < -0.3 is 5.32 Å². The summed E-state index contributed by atoms with van der Waals surface area (Å²) in [5.74, 6) is -0.0590. The number of benzene rings is 3. The first kappa shape index (κ1) is 15.9. The van der Waals surface area contributed by atoms with Gasteiger partial charge in [0.25, 0.3) is 0 Å². The Kier molecular flexibility index (Phi) is 4.89. The summed E-state index contributed by atoms with van der Waals surface area (Å²) in [6.45, 7) is 1.89. The first-order valence-corrected chi connectivity index (χ1v) is 8.60. The van der Waals surface area contributed by atoms with Gasteiger partial charge in [-0.05, 0) is 42.0 Å². The summed E-state index contributed by atoms with van der Waals surface area (Å²) in [6.07, 6.45) is 0. The summed E-state index contributed by atoms with van der Waals surface area (Å²) >= 11 is 7.61. The number of para-hydroxylation sites is 1. The number of hydrogen-bond donors (Lipinski definition) is 1. The number of hydrogen-bond acceptors (Lipinski definition) is 2. The molecule has 0 bridgehead atoms. The normalized spacial score (nSPS) is 12.1. The van der Waals surface area contributed by atoms with Crippen molar-refractivity contribution in [3.05, 3.63) is 71.8 Å². The average molecular weight is 342 g/mol. The van der Waals surface area contributed by atoms with Crippen LogP contribution in [0.15, 0.2) is 71.6 Å². The number of fused-ring (bicyclic) bond motifs is 1. The fraction of sp³-hybridized carbons (Fsp3) is 0.105. The van der Waals surface area contributed by atoms with E-state index in [1.165, 1.54) is 22.5 Å². The molecular weight excluding hydrogens is 326 g/mol. The van der Waals surface area contributed by atoms with E-state index < -0.39 is 0 Å². The number of carbonyl (C=O) groups is 1. The topological polar surface area (TPSA) is 29.1 Å². The molecule has 23 heavy (non-hydrogen) atoms. The van der Waals surface area contributed by atoms with Gasteiger partial charge in [-0.25, -0.2) is 0 Å². The van der Waals surface area contributed by atoms with E-state index in [9.17, 15) is 4.79 Å². The van der Waals surface area contributed by atoms with Crippen LogP contribution in [0.4, 0.5) is 5.69 Å². The van der Waals surface area contributed by atoms with Crippen LogP contribution >= 0.6 is 23.4 Å². The average Bonchev–Trinajstić information content (AvgIpc) is 2.56. The molecule has 3 aromatic rings. The number of rotatable bonds is 4. The molecule has 0 aliphatic heterocycles. The minimum Gasteiger partial charge on any atom is -0.324 e. The maximum Gasteiger partial charge on any atom is 0.237 e. The van der Waals surface area contributed by atoms with Crippen molar-refractivity contribution in [2.24, 2.45) is 0 Å². The monoisotopic (exact) mass is 341 g/mol. The fourth-order valence-electron chi connectivity index (χ4n) is 2.30. The van der Waals surface area contributed by atoms with Crippen LogP contribution in [-0.4, -0.2) is 11.2 Å². The number of anilines is 1. The molecule has 0 saturated carbocycles. The van der Waals surface area contributed by atoms with Gasteiger partial charge in [-0.15, -0.1) is 11.8 Å². The highest BCUT2D eigenvalue weighted by atomic mass is 35.5. The lowest BCUT2D eigenvalue weighted by atomic mass is 10.1. The summed E-state index contributed by atoms with van der Waals surface area (Å²) < 4.78 is 0. The molecule has 0 unspecified atom stereocenters. The van der Waals surface area contributed by atoms with Crippen LogP contribution in [0.25, 0.3) is 10.8 Å². The molecule has 0 saturated heterocycles. The number of halogens is 1. The lowest BCUT2D eigenvalue weighted by Gasteiger charge is -2.13. The van der Waals surface area contributed by atoms with Crippen molar-refractivity contribution in [3.63, 3.8) is 0 Å². The Hall–Kier alpha value is -1.97. The van der Waals surface area contributed by atoms with Crippen LogP contribution in [-0.2, 0) is 4.79 Å². The lowest BCUT2D eigenvalue weighted by Crippen LogP contribution is -2.22. The van der Waals surface area contributed by atoms with Crippen LogP contribution in [0.5, 0.6) is 0 Å². The highest BCUT2D eigenvalue weighted by Crippen LogP contribution is 2.28. The van der Waals surface area contributed by atoms with Gasteiger partial charge in [-0.1, -0.05) is 54.1 Å². The van der Waals surface area contributed by atoms with Gasteiger partial charge >= 0.3 is 0 Å². The molecule has 1 N–H and O–H groups in total. The number of nitrogens with one attached hydrogen (secondary N) is 1. The fourth-order valence-corrected chi connectivity index (χ4v) is 3.39. The molecular formula is C19H16ClNOS. The Morgan fingerprint density at radius 3 is 2.48 bits per heavy atom. The summed E-state index contributed by atoms with van der Waals surface area (Å²) in [7, 11) is 0. The van der Waals surface area contributed by atoms with Gasteiger partial charge in [0.05, 0.1) is 16.0 Å². The summed E-state index contributed by atoms with van der Waals surface area (Å²) in [5, 5.41) is 5.58. The van der Waals surface area contributed by atoms with Crippen LogP contribution in [0, 0.1) is 0 Å². The van der Waals surface area contributed by atoms with Gasteiger partial charge in [0, 0.05) is 4.90 Å². The van der Waals surface area contributed by atoms with E-state index in [0.29, 0.717) is 10.7 Å². The molecule has 0 aliphatic carbocycles. The number of thioether (sulfide) groups is 1. The van der Waals surface area contributed by atoms with Crippen molar-refractivity contribution in [2.45, 2.75) is 17.1 Å². The highest BCUT2D eigenvalue weighted by molar-refractivity contribution is 8.00. The van der Waals surface area contributed by atoms with Crippen molar-refractivity contribution in [3.8, 4) is 0 Å². The maximum absolute atomic E-state index is 12.3. The van der Waals surface area contributed by atoms with Gasteiger partial charge in [0.1, 0.15) is 0 Å². The molecule has 1 amide bonds. The largest absolute Gasteiger partial charge is 0.324 e. The smallest absolute Gasteiger partial charge is 0.237 e. The minimum absolute atomic E-state index is 0.0590. The SMILES string of the molecule is C[C@@H](Sc1ccc2ccccc2c1)C(=O)Nc1ccccc1Cl. The van der Waals surface area contributed by atoms with E-state index in [0.717, 1.165) is 4.90 Å². The highest BCUT2D eigenvalue weighted by Gasteiger charge is 2.15. The van der Waals surface area contributed by atoms with Crippen LogP contribution in [0.1, 0.15) is 6.92 Å². The maximum atomic E-state index is 12.3. The molecule has 0 fully saturated rings. The Labute approximate surface area is 144 Å². The summed E-state index contributed by atoms with van der Waals surface area (Å²) in [6, 6.07) is 21.7. The molecule has 4 heteroatoms. The molecule has 116 valence electrons. The second-order valence-corrected chi connectivity index (χ2v) is 7.06. The minimum atomic E-state index is -0.215. The van der Waals surface area contributed by atoms with Gasteiger partial charge in [-0.3, -0.25) is 4.79 Å². The van der Waals surface area contributed by atoms with E-state index in [1.54, 1.807) is 12.1 Å². The van der Waals surface area contributed by atoms with Crippen LogP contribution in [0.3, 0.4) is 0 Å². The van der Waals surface area contributed by atoms with Crippen LogP contribution < -0.4 is 5.32 Å². The van der Waals surface area contributed by atoms with E-state index in [4.69, 9.17) is 11.6 Å². The molecule has 0 aliphatic rings. The van der Waals surface area contributed by atoms with E-state index in [2.05, 4.69) is 29.6 Å². The molecule has 0 radical (unpaired) electrons. The van der Waals surface area contributed by atoms with E-state index >= 15 is 0 Å². The van der Waals surface area contributed by atoms with Gasteiger partial charge in [0.15, 0.2) is 0 Å². The van der Waals surface area contributed by atoms with Crippen molar-refractivity contribution >= 4 is 45.7 Å². The molecule has 3 aromatic carbocycles. The summed E-state index contributed by atoms with van der Waals surface area (Å²) in [4.78, 5) is 13.4.